The Morgan fingerprint density at radius 1 is 1.16 bits per heavy atom. The van der Waals surface area contributed by atoms with Gasteiger partial charge in [-0.1, -0.05) is 52.0 Å². The molecule has 2 aliphatic rings. The standard InChI is InChI=1S/C29H34N4O4S/c1-6-13-30-23(34)15-32-24(35)16-38-26(19-11-12-21-22(14-19)37-17-36-21)25-27(29(3,4)5)31-33(28(25)32)20-10-8-7-9-18(20)2/h7-12,14,26H,6,13,15-17H2,1-5H3,(H,30,34)/t26-/m0/s1. The van der Waals surface area contributed by atoms with E-state index in [0.717, 1.165) is 34.5 Å². The molecule has 3 heterocycles. The first-order valence-corrected chi connectivity index (χ1v) is 14.0. The number of carbonyl (C=O) groups excluding carboxylic acids is 2. The van der Waals surface area contributed by atoms with E-state index < -0.39 is 0 Å². The average Bonchev–Trinajstić information content (AvgIpc) is 3.48. The molecule has 2 amide bonds. The third-order valence-corrected chi connectivity index (χ3v) is 7.97. The number of amides is 2. The fourth-order valence-corrected chi connectivity index (χ4v) is 6.03. The minimum absolute atomic E-state index is 0.0680. The molecule has 3 aromatic rings. The summed E-state index contributed by atoms with van der Waals surface area (Å²) in [5.41, 5.74) is 4.41. The van der Waals surface area contributed by atoms with E-state index in [2.05, 4.69) is 26.1 Å². The van der Waals surface area contributed by atoms with E-state index in [1.54, 1.807) is 16.7 Å². The molecule has 0 bridgehead atoms. The van der Waals surface area contributed by atoms with Gasteiger partial charge < -0.3 is 14.8 Å². The molecule has 0 radical (unpaired) electrons. The maximum atomic E-state index is 13.7. The van der Waals surface area contributed by atoms with Crippen molar-refractivity contribution in [2.24, 2.45) is 0 Å². The minimum atomic E-state index is -0.323. The van der Waals surface area contributed by atoms with Crippen molar-refractivity contribution in [2.75, 3.05) is 30.5 Å². The highest BCUT2D eigenvalue weighted by Gasteiger charge is 2.40. The average molecular weight is 535 g/mol. The quantitative estimate of drug-likeness (QED) is 0.484. The predicted octanol–water partition coefficient (Wildman–Crippen LogP) is 4.90. The maximum Gasteiger partial charge on any atom is 0.240 e. The number of nitrogens with one attached hydrogen (secondary N) is 1. The van der Waals surface area contributed by atoms with Crippen LogP contribution in [-0.4, -0.2) is 47.2 Å². The van der Waals surface area contributed by atoms with E-state index in [1.165, 1.54) is 0 Å². The number of aromatic nitrogens is 2. The molecular formula is C29H34N4O4S. The van der Waals surface area contributed by atoms with E-state index in [1.807, 2.05) is 61.0 Å². The lowest BCUT2D eigenvalue weighted by Gasteiger charge is -2.25. The Morgan fingerprint density at radius 2 is 1.92 bits per heavy atom. The molecule has 0 spiro atoms. The lowest BCUT2D eigenvalue weighted by molar-refractivity contribution is -0.122. The Balaban J connectivity index is 1.76. The molecule has 200 valence electrons. The molecule has 0 unspecified atom stereocenters. The molecule has 1 N–H and O–H groups in total. The molecule has 9 heteroatoms. The molecule has 38 heavy (non-hydrogen) atoms. The first-order chi connectivity index (χ1) is 18.2. The molecule has 0 aliphatic carbocycles. The number of hydrogen-bond donors (Lipinski definition) is 1. The van der Waals surface area contributed by atoms with E-state index in [9.17, 15) is 9.59 Å². The Bertz CT molecular complexity index is 1380. The van der Waals surface area contributed by atoms with Crippen LogP contribution in [-0.2, 0) is 15.0 Å². The van der Waals surface area contributed by atoms with Crippen molar-refractivity contribution in [3.8, 4) is 17.2 Å². The van der Waals surface area contributed by atoms with Gasteiger partial charge in [0.2, 0.25) is 18.6 Å². The molecule has 8 nitrogen and oxygen atoms in total. The number of aryl methyl sites for hydroxylation is 1. The van der Waals surface area contributed by atoms with Gasteiger partial charge in [0.15, 0.2) is 11.5 Å². The van der Waals surface area contributed by atoms with Crippen LogP contribution in [0.5, 0.6) is 11.5 Å². The van der Waals surface area contributed by atoms with Gasteiger partial charge >= 0.3 is 0 Å². The van der Waals surface area contributed by atoms with Crippen molar-refractivity contribution in [3.05, 3.63) is 64.8 Å². The van der Waals surface area contributed by atoms with Crippen LogP contribution in [0.4, 0.5) is 5.82 Å². The summed E-state index contributed by atoms with van der Waals surface area (Å²) in [6, 6.07) is 13.9. The molecule has 1 aromatic heterocycles. The van der Waals surface area contributed by atoms with Crippen molar-refractivity contribution < 1.29 is 19.1 Å². The summed E-state index contributed by atoms with van der Waals surface area (Å²) in [4.78, 5) is 28.3. The largest absolute Gasteiger partial charge is 0.454 e. The van der Waals surface area contributed by atoms with Gasteiger partial charge in [0, 0.05) is 17.5 Å². The highest BCUT2D eigenvalue weighted by Crippen LogP contribution is 2.50. The van der Waals surface area contributed by atoms with E-state index in [0.29, 0.717) is 23.9 Å². The zero-order valence-electron chi connectivity index (χ0n) is 22.5. The summed E-state index contributed by atoms with van der Waals surface area (Å²) in [5, 5.41) is 7.90. The van der Waals surface area contributed by atoms with Crippen LogP contribution in [0.1, 0.15) is 61.7 Å². The zero-order valence-corrected chi connectivity index (χ0v) is 23.4. The zero-order chi connectivity index (χ0) is 27.0. The van der Waals surface area contributed by atoms with Crippen LogP contribution in [0, 0.1) is 6.92 Å². The number of rotatable bonds is 6. The summed E-state index contributed by atoms with van der Waals surface area (Å²) < 4.78 is 13.1. The van der Waals surface area contributed by atoms with Gasteiger partial charge in [0.05, 0.1) is 22.4 Å². The SMILES string of the molecule is CCCNC(=O)CN1C(=O)CS[C@@H](c2ccc3c(c2)OCO3)c2c(C(C)(C)C)nn(-c3ccccc3C)c21. The Labute approximate surface area is 227 Å². The number of ether oxygens (including phenoxy) is 2. The summed E-state index contributed by atoms with van der Waals surface area (Å²) in [5.74, 6) is 1.97. The summed E-state index contributed by atoms with van der Waals surface area (Å²) in [7, 11) is 0. The summed E-state index contributed by atoms with van der Waals surface area (Å²) in [6.45, 7) is 11.1. The molecule has 2 aromatic carbocycles. The summed E-state index contributed by atoms with van der Waals surface area (Å²) >= 11 is 1.55. The third-order valence-electron chi connectivity index (χ3n) is 6.72. The lowest BCUT2D eigenvalue weighted by atomic mass is 9.87. The predicted molar refractivity (Wildman–Crippen MR) is 150 cm³/mol. The number of carbonyl (C=O) groups is 2. The molecule has 0 saturated carbocycles. The van der Waals surface area contributed by atoms with Crippen molar-refractivity contribution in [2.45, 2.75) is 51.7 Å². The molecule has 0 fully saturated rings. The Hall–Kier alpha value is -3.46. The van der Waals surface area contributed by atoms with E-state index in [-0.39, 0.29) is 41.6 Å². The molecule has 5 rings (SSSR count). The highest BCUT2D eigenvalue weighted by molar-refractivity contribution is 8.00. The van der Waals surface area contributed by atoms with E-state index in [4.69, 9.17) is 14.6 Å². The van der Waals surface area contributed by atoms with Crippen molar-refractivity contribution in [3.63, 3.8) is 0 Å². The summed E-state index contributed by atoms with van der Waals surface area (Å²) in [6.07, 6.45) is 0.822. The molecule has 0 saturated heterocycles. The number of benzene rings is 2. The molecule has 1 atom stereocenters. The van der Waals surface area contributed by atoms with Gasteiger partial charge in [0.1, 0.15) is 12.4 Å². The van der Waals surface area contributed by atoms with Crippen LogP contribution in [0.2, 0.25) is 0 Å². The van der Waals surface area contributed by atoms with Crippen molar-refractivity contribution in [1.29, 1.82) is 0 Å². The Kier molecular flexibility index (Phi) is 7.13. The van der Waals surface area contributed by atoms with Gasteiger partial charge in [-0.15, -0.1) is 11.8 Å². The molecule has 2 aliphatic heterocycles. The number of nitrogens with zero attached hydrogens (tertiary/aromatic N) is 3. The monoisotopic (exact) mass is 534 g/mol. The maximum absolute atomic E-state index is 13.7. The smallest absolute Gasteiger partial charge is 0.240 e. The number of para-hydroxylation sites is 1. The second-order valence-corrected chi connectivity index (χ2v) is 11.8. The van der Waals surface area contributed by atoms with E-state index >= 15 is 0 Å². The minimum Gasteiger partial charge on any atom is -0.454 e. The fourth-order valence-electron chi connectivity index (χ4n) is 4.85. The first-order valence-electron chi connectivity index (χ1n) is 13.0. The van der Waals surface area contributed by atoms with Crippen LogP contribution < -0.4 is 19.7 Å². The number of fused-ring (bicyclic) bond motifs is 2. The number of anilines is 1. The second kappa shape index (κ2) is 10.4. The second-order valence-electron chi connectivity index (χ2n) is 10.7. The van der Waals surface area contributed by atoms with Gasteiger partial charge in [-0.25, -0.2) is 4.68 Å². The highest BCUT2D eigenvalue weighted by atomic mass is 32.2. The number of thioether (sulfide) groups is 1. The topological polar surface area (TPSA) is 85.7 Å². The lowest BCUT2D eigenvalue weighted by Crippen LogP contribution is -2.42. The van der Waals surface area contributed by atoms with Gasteiger partial charge in [-0.3, -0.25) is 14.5 Å². The van der Waals surface area contributed by atoms with Crippen LogP contribution >= 0.6 is 11.8 Å². The van der Waals surface area contributed by atoms with Crippen molar-refractivity contribution >= 4 is 29.4 Å². The van der Waals surface area contributed by atoms with Gasteiger partial charge in [-0.2, -0.15) is 5.10 Å². The third kappa shape index (κ3) is 4.87. The van der Waals surface area contributed by atoms with Crippen molar-refractivity contribution in [1.82, 2.24) is 15.1 Å². The van der Waals surface area contributed by atoms with Crippen LogP contribution in [0.15, 0.2) is 42.5 Å². The fraction of sp³-hybridized carbons (Fsp3) is 0.414. The van der Waals surface area contributed by atoms with Gasteiger partial charge in [-0.05, 0) is 42.7 Å². The Morgan fingerprint density at radius 3 is 2.66 bits per heavy atom. The van der Waals surface area contributed by atoms with Gasteiger partial charge in [0.25, 0.3) is 0 Å². The van der Waals surface area contributed by atoms with Crippen LogP contribution in [0.25, 0.3) is 5.69 Å². The normalized spacial score (nSPS) is 16.8. The first kappa shape index (κ1) is 26.2. The molecular weight excluding hydrogens is 500 g/mol. The number of hydrogen-bond acceptors (Lipinski definition) is 6. The van der Waals surface area contributed by atoms with Crippen LogP contribution in [0.3, 0.4) is 0 Å².